The predicted octanol–water partition coefficient (Wildman–Crippen LogP) is 18.7. The SMILES string of the molecule is CCCC/C=C\CCCCCCCC(=O)OCC(COC(=O)CCCCCCCCCC/C=C\C/C=C\C/C=C\CCCCCCC)OC(=O)CCCCCCCCCCCCCCC. The molecule has 1 unspecified atom stereocenters. The second kappa shape index (κ2) is 54.0. The third-order valence-corrected chi connectivity index (χ3v) is 12.3. The third kappa shape index (κ3) is 52.2. The van der Waals surface area contributed by atoms with E-state index in [0.717, 1.165) is 83.5 Å². The highest BCUT2D eigenvalue weighted by atomic mass is 16.6. The molecule has 0 saturated carbocycles. The molecule has 0 aliphatic heterocycles. The summed E-state index contributed by atoms with van der Waals surface area (Å²) in [5.74, 6) is -0.883. The molecule has 6 nitrogen and oxygen atoms in total. The van der Waals surface area contributed by atoms with Crippen LogP contribution in [-0.4, -0.2) is 37.2 Å². The van der Waals surface area contributed by atoms with Crippen molar-refractivity contribution in [2.45, 2.75) is 297 Å². The smallest absolute Gasteiger partial charge is 0.306 e. The third-order valence-electron chi connectivity index (χ3n) is 12.3. The second-order valence-corrected chi connectivity index (χ2v) is 18.8. The number of carbonyl (C=O) groups is 3. The Bertz CT molecular complexity index is 1140. The fraction of sp³-hybridized carbons (Fsp3) is 0.814. The average molecular weight is 911 g/mol. The van der Waals surface area contributed by atoms with Crippen LogP contribution in [0, 0.1) is 0 Å². The summed E-state index contributed by atoms with van der Waals surface area (Å²) in [5, 5.41) is 0. The minimum Gasteiger partial charge on any atom is -0.462 e. The normalized spacial score (nSPS) is 12.4. The lowest BCUT2D eigenvalue weighted by Crippen LogP contribution is -2.30. The molecule has 0 aromatic heterocycles. The lowest BCUT2D eigenvalue weighted by molar-refractivity contribution is -0.167. The summed E-state index contributed by atoms with van der Waals surface area (Å²) in [6.07, 6.45) is 65.3. The van der Waals surface area contributed by atoms with E-state index in [9.17, 15) is 14.4 Å². The molecule has 65 heavy (non-hydrogen) atoms. The van der Waals surface area contributed by atoms with E-state index in [2.05, 4.69) is 69.4 Å². The van der Waals surface area contributed by atoms with Crippen molar-refractivity contribution in [3.63, 3.8) is 0 Å². The maximum absolute atomic E-state index is 12.8. The molecule has 0 bridgehead atoms. The van der Waals surface area contributed by atoms with Crippen LogP contribution in [0.15, 0.2) is 48.6 Å². The van der Waals surface area contributed by atoms with Crippen LogP contribution < -0.4 is 0 Å². The Balaban J connectivity index is 4.27. The van der Waals surface area contributed by atoms with E-state index in [1.54, 1.807) is 0 Å². The number of carbonyl (C=O) groups excluding carboxylic acids is 3. The van der Waals surface area contributed by atoms with Crippen molar-refractivity contribution in [1.82, 2.24) is 0 Å². The first kappa shape index (κ1) is 62.4. The van der Waals surface area contributed by atoms with Crippen LogP contribution in [0.4, 0.5) is 0 Å². The maximum atomic E-state index is 12.8. The molecule has 0 aliphatic carbocycles. The second-order valence-electron chi connectivity index (χ2n) is 18.8. The summed E-state index contributed by atoms with van der Waals surface area (Å²) in [4.78, 5) is 38.0. The lowest BCUT2D eigenvalue weighted by Gasteiger charge is -2.18. The Kier molecular flexibility index (Phi) is 51.8. The van der Waals surface area contributed by atoms with E-state index in [0.29, 0.717) is 19.3 Å². The molecule has 0 aliphatic rings. The van der Waals surface area contributed by atoms with Gasteiger partial charge in [-0.1, -0.05) is 243 Å². The summed E-state index contributed by atoms with van der Waals surface area (Å²) < 4.78 is 16.8. The van der Waals surface area contributed by atoms with E-state index in [1.165, 1.54) is 167 Å². The van der Waals surface area contributed by atoms with Crippen molar-refractivity contribution >= 4 is 17.9 Å². The van der Waals surface area contributed by atoms with Crippen LogP contribution in [0.1, 0.15) is 290 Å². The van der Waals surface area contributed by atoms with E-state index in [1.807, 2.05) is 0 Å². The number of rotatable bonds is 51. The molecule has 0 saturated heterocycles. The number of allylic oxidation sites excluding steroid dienone is 8. The Morgan fingerprint density at radius 3 is 0.923 bits per heavy atom. The van der Waals surface area contributed by atoms with Gasteiger partial charge in [0.25, 0.3) is 0 Å². The van der Waals surface area contributed by atoms with Gasteiger partial charge in [-0.3, -0.25) is 14.4 Å². The van der Waals surface area contributed by atoms with Crippen molar-refractivity contribution in [2.75, 3.05) is 13.2 Å². The number of hydrogen-bond acceptors (Lipinski definition) is 6. The molecular weight excluding hydrogens is 805 g/mol. The first-order valence-corrected chi connectivity index (χ1v) is 28.1. The van der Waals surface area contributed by atoms with Gasteiger partial charge in [-0.2, -0.15) is 0 Å². The molecule has 0 rings (SSSR count). The molecule has 0 radical (unpaired) electrons. The van der Waals surface area contributed by atoms with Gasteiger partial charge in [-0.05, 0) is 77.0 Å². The van der Waals surface area contributed by atoms with Crippen LogP contribution in [0.3, 0.4) is 0 Å². The molecule has 6 heteroatoms. The van der Waals surface area contributed by atoms with Crippen LogP contribution in [0.25, 0.3) is 0 Å². The average Bonchev–Trinajstić information content (AvgIpc) is 3.30. The summed E-state index contributed by atoms with van der Waals surface area (Å²) >= 11 is 0. The van der Waals surface area contributed by atoms with Gasteiger partial charge < -0.3 is 14.2 Å². The summed E-state index contributed by atoms with van der Waals surface area (Å²) in [7, 11) is 0. The van der Waals surface area contributed by atoms with Crippen molar-refractivity contribution in [3.8, 4) is 0 Å². The molecular formula is C59H106O6. The monoisotopic (exact) mass is 911 g/mol. The van der Waals surface area contributed by atoms with Crippen LogP contribution in [0.2, 0.25) is 0 Å². The number of unbranched alkanes of at least 4 members (excludes halogenated alkanes) is 32. The first-order valence-electron chi connectivity index (χ1n) is 28.1. The Hall–Kier alpha value is -2.63. The predicted molar refractivity (Wildman–Crippen MR) is 279 cm³/mol. The molecule has 378 valence electrons. The van der Waals surface area contributed by atoms with Crippen LogP contribution in [-0.2, 0) is 28.6 Å². The van der Waals surface area contributed by atoms with Gasteiger partial charge in [0.05, 0.1) is 0 Å². The highest BCUT2D eigenvalue weighted by Gasteiger charge is 2.19. The zero-order chi connectivity index (χ0) is 47.2. The first-order chi connectivity index (χ1) is 32.0. The van der Waals surface area contributed by atoms with Crippen molar-refractivity contribution in [3.05, 3.63) is 48.6 Å². The van der Waals surface area contributed by atoms with Gasteiger partial charge in [-0.15, -0.1) is 0 Å². The quantitative estimate of drug-likeness (QED) is 0.0262. The lowest BCUT2D eigenvalue weighted by atomic mass is 10.0. The van der Waals surface area contributed by atoms with Gasteiger partial charge in [0, 0.05) is 19.3 Å². The Morgan fingerprint density at radius 2 is 0.569 bits per heavy atom. The zero-order valence-electron chi connectivity index (χ0n) is 43.3. The van der Waals surface area contributed by atoms with E-state index < -0.39 is 6.10 Å². The largest absolute Gasteiger partial charge is 0.462 e. The number of hydrogen-bond donors (Lipinski definition) is 0. The molecule has 0 aromatic carbocycles. The van der Waals surface area contributed by atoms with Crippen molar-refractivity contribution in [2.24, 2.45) is 0 Å². The number of ether oxygens (including phenoxy) is 3. The van der Waals surface area contributed by atoms with Gasteiger partial charge >= 0.3 is 17.9 Å². The van der Waals surface area contributed by atoms with Crippen LogP contribution >= 0.6 is 0 Å². The van der Waals surface area contributed by atoms with Gasteiger partial charge in [0.15, 0.2) is 6.10 Å². The fourth-order valence-electron chi connectivity index (χ4n) is 8.02. The van der Waals surface area contributed by atoms with Crippen LogP contribution in [0.5, 0.6) is 0 Å². The van der Waals surface area contributed by atoms with E-state index in [-0.39, 0.29) is 31.1 Å². The molecule has 0 amide bonds. The minimum absolute atomic E-state index is 0.0772. The van der Waals surface area contributed by atoms with Gasteiger partial charge in [0.2, 0.25) is 0 Å². The topological polar surface area (TPSA) is 78.9 Å². The van der Waals surface area contributed by atoms with E-state index in [4.69, 9.17) is 14.2 Å². The minimum atomic E-state index is -0.776. The summed E-state index contributed by atoms with van der Waals surface area (Å²) in [6.45, 7) is 6.60. The van der Waals surface area contributed by atoms with Gasteiger partial charge in [-0.25, -0.2) is 0 Å². The molecule has 0 heterocycles. The molecule has 0 fully saturated rings. The Labute approximate surface area is 403 Å². The van der Waals surface area contributed by atoms with Crippen molar-refractivity contribution in [1.29, 1.82) is 0 Å². The van der Waals surface area contributed by atoms with Crippen molar-refractivity contribution < 1.29 is 28.6 Å². The molecule has 1 atom stereocenters. The Morgan fingerprint density at radius 1 is 0.308 bits per heavy atom. The van der Waals surface area contributed by atoms with Gasteiger partial charge in [0.1, 0.15) is 13.2 Å². The maximum Gasteiger partial charge on any atom is 0.306 e. The summed E-state index contributed by atoms with van der Waals surface area (Å²) in [5.41, 5.74) is 0. The summed E-state index contributed by atoms with van der Waals surface area (Å²) in [6, 6.07) is 0. The highest BCUT2D eigenvalue weighted by molar-refractivity contribution is 5.71. The standard InChI is InChI=1S/C59H106O6/c1-4-7-10-13-16-19-22-24-25-26-27-28-29-30-31-32-33-35-37-40-43-46-49-52-58(61)64-55-56(54-63-57(60)51-48-45-42-39-36-21-18-15-12-9-6-3)65-59(62)53-50-47-44-41-38-34-23-20-17-14-11-8-5-2/h15,18,22,24,26-27,29-30,56H,4-14,16-17,19-21,23,25,28,31-55H2,1-3H3/b18-15-,24-22-,27-26-,30-29-. The van der Waals surface area contributed by atoms with E-state index >= 15 is 0 Å². The molecule has 0 aromatic rings. The number of esters is 3. The zero-order valence-corrected chi connectivity index (χ0v) is 43.3. The fourth-order valence-corrected chi connectivity index (χ4v) is 8.02. The highest BCUT2D eigenvalue weighted by Crippen LogP contribution is 2.16. The molecule has 0 spiro atoms. The molecule has 0 N–H and O–H groups in total.